The van der Waals surface area contributed by atoms with E-state index in [2.05, 4.69) is 22.1 Å². The van der Waals surface area contributed by atoms with E-state index in [4.69, 9.17) is 15.9 Å². The molecule has 5 heteroatoms. The molecule has 0 unspecified atom stereocenters. The second-order valence-electron chi connectivity index (χ2n) is 4.06. The van der Waals surface area contributed by atoms with Crippen LogP contribution in [0, 0.1) is 5.41 Å². The number of benzene rings is 1. The topological polar surface area (TPSA) is 84.9 Å². The molecule has 0 amide bonds. The van der Waals surface area contributed by atoms with E-state index in [9.17, 15) is 0 Å². The third kappa shape index (κ3) is 3.77. The maximum absolute atomic E-state index is 7.39. The van der Waals surface area contributed by atoms with Gasteiger partial charge in [-0.05, 0) is 18.4 Å². The molecule has 0 aliphatic rings. The van der Waals surface area contributed by atoms with E-state index in [1.807, 2.05) is 18.2 Å². The van der Waals surface area contributed by atoms with Crippen LogP contribution in [-0.4, -0.2) is 22.4 Å². The number of hydrogen-bond donors (Lipinski definition) is 2. The number of nitrogen functional groups attached to an aromatic ring is 1. The Kier molecular flexibility index (Phi) is 4.44. The van der Waals surface area contributed by atoms with Crippen LogP contribution in [0.3, 0.4) is 0 Å². The number of aryl methyl sites for hydroxylation is 1. The molecule has 98 valence electrons. The van der Waals surface area contributed by atoms with E-state index in [0.717, 1.165) is 12.8 Å². The zero-order chi connectivity index (χ0) is 13.5. The number of rotatable bonds is 6. The lowest BCUT2D eigenvalue weighted by molar-refractivity contribution is 0.297. The lowest BCUT2D eigenvalue weighted by Crippen LogP contribution is -2.16. The first-order chi connectivity index (χ1) is 9.27. The highest BCUT2D eigenvalue weighted by Crippen LogP contribution is 2.11. The lowest BCUT2D eigenvalue weighted by Gasteiger charge is -2.08. The fraction of sp³-hybridized carbons (Fsp3) is 0.214. The Hall–Kier alpha value is -2.43. The van der Waals surface area contributed by atoms with Crippen LogP contribution in [0.15, 0.2) is 42.7 Å². The third-order valence-corrected chi connectivity index (χ3v) is 2.61. The number of nitrogens with two attached hydrogens (primary N) is 1. The normalized spacial score (nSPS) is 10.1. The summed E-state index contributed by atoms with van der Waals surface area (Å²) in [6.45, 7) is 0.522. The number of aromatic nitrogens is 2. The van der Waals surface area contributed by atoms with Crippen LogP contribution in [0.2, 0.25) is 0 Å². The average molecular weight is 256 g/mol. The van der Waals surface area contributed by atoms with Crippen molar-refractivity contribution < 1.29 is 4.74 Å². The van der Waals surface area contributed by atoms with E-state index >= 15 is 0 Å². The molecule has 0 fully saturated rings. The molecule has 0 radical (unpaired) electrons. The molecular formula is C14H16N4O. The van der Waals surface area contributed by atoms with Crippen molar-refractivity contribution in [3.05, 3.63) is 54.0 Å². The molecule has 0 aliphatic carbocycles. The standard InChI is InChI=1S/C14H16N4O/c15-13(16)12-14(18-9-8-17-12)19-10-4-7-11-5-2-1-3-6-11/h1-3,5-6,8-9H,4,7,10H2,(H3,15,16). The molecule has 0 aliphatic heterocycles. The van der Waals surface area contributed by atoms with Gasteiger partial charge >= 0.3 is 0 Å². The van der Waals surface area contributed by atoms with E-state index in [0.29, 0.717) is 18.2 Å². The Bertz CT molecular complexity index is 542. The van der Waals surface area contributed by atoms with Crippen LogP contribution in [0.1, 0.15) is 17.7 Å². The first-order valence-electron chi connectivity index (χ1n) is 6.09. The minimum atomic E-state index is -0.133. The largest absolute Gasteiger partial charge is 0.476 e. The Morgan fingerprint density at radius 1 is 1.16 bits per heavy atom. The summed E-state index contributed by atoms with van der Waals surface area (Å²) in [6.07, 6.45) is 4.83. The van der Waals surface area contributed by atoms with Crippen LogP contribution in [-0.2, 0) is 6.42 Å². The summed E-state index contributed by atoms with van der Waals surface area (Å²) < 4.78 is 5.53. The molecule has 0 spiro atoms. The fourth-order valence-corrected chi connectivity index (χ4v) is 1.71. The van der Waals surface area contributed by atoms with E-state index in [1.54, 1.807) is 0 Å². The molecule has 5 nitrogen and oxygen atoms in total. The van der Waals surface area contributed by atoms with Gasteiger partial charge in [0.25, 0.3) is 0 Å². The Balaban J connectivity index is 1.85. The first kappa shape index (κ1) is 13.0. The number of amidine groups is 1. The van der Waals surface area contributed by atoms with Crippen LogP contribution in [0.25, 0.3) is 0 Å². The highest BCUT2D eigenvalue weighted by molar-refractivity contribution is 5.94. The fourth-order valence-electron chi connectivity index (χ4n) is 1.71. The summed E-state index contributed by atoms with van der Waals surface area (Å²) in [7, 11) is 0. The molecule has 0 saturated carbocycles. The van der Waals surface area contributed by atoms with E-state index in [1.165, 1.54) is 18.0 Å². The van der Waals surface area contributed by atoms with Crippen molar-refractivity contribution in [1.29, 1.82) is 5.41 Å². The van der Waals surface area contributed by atoms with Crippen LogP contribution < -0.4 is 10.5 Å². The smallest absolute Gasteiger partial charge is 0.243 e. The van der Waals surface area contributed by atoms with Gasteiger partial charge in [-0.3, -0.25) is 5.41 Å². The summed E-state index contributed by atoms with van der Waals surface area (Å²) in [5.41, 5.74) is 6.98. The van der Waals surface area contributed by atoms with Crippen molar-refractivity contribution in [1.82, 2.24) is 9.97 Å². The predicted octanol–water partition coefficient (Wildman–Crippen LogP) is 1.77. The molecule has 0 atom stereocenters. The second kappa shape index (κ2) is 6.49. The minimum Gasteiger partial charge on any atom is -0.476 e. The molecule has 1 aromatic carbocycles. The molecule has 0 bridgehead atoms. The van der Waals surface area contributed by atoms with Gasteiger partial charge < -0.3 is 10.5 Å². The maximum Gasteiger partial charge on any atom is 0.243 e. The monoisotopic (exact) mass is 256 g/mol. The molecule has 19 heavy (non-hydrogen) atoms. The molecular weight excluding hydrogens is 240 g/mol. The van der Waals surface area contributed by atoms with Gasteiger partial charge in [-0.2, -0.15) is 0 Å². The van der Waals surface area contributed by atoms with Crippen molar-refractivity contribution in [2.24, 2.45) is 5.73 Å². The summed E-state index contributed by atoms with van der Waals surface area (Å²) in [4.78, 5) is 8.02. The Morgan fingerprint density at radius 2 is 1.89 bits per heavy atom. The highest BCUT2D eigenvalue weighted by atomic mass is 16.5. The number of hydrogen-bond acceptors (Lipinski definition) is 4. The van der Waals surface area contributed by atoms with Gasteiger partial charge in [0.1, 0.15) is 5.84 Å². The van der Waals surface area contributed by atoms with Crippen molar-refractivity contribution in [2.75, 3.05) is 6.61 Å². The SMILES string of the molecule is N=C(N)c1nccnc1OCCCc1ccccc1. The quantitative estimate of drug-likeness (QED) is 0.468. The van der Waals surface area contributed by atoms with Crippen LogP contribution in [0.4, 0.5) is 0 Å². The Morgan fingerprint density at radius 3 is 2.63 bits per heavy atom. The minimum absolute atomic E-state index is 0.133. The third-order valence-electron chi connectivity index (χ3n) is 2.61. The summed E-state index contributed by atoms with van der Waals surface area (Å²) in [5, 5.41) is 7.39. The zero-order valence-corrected chi connectivity index (χ0v) is 10.5. The molecule has 2 aromatic rings. The Labute approximate surface area is 112 Å². The van der Waals surface area contributed by atoms with Gasteiger partial charge in [-0.1, -0.05) is 30.3 Å². The number of nitrogens with one attached hydrogen (secondary N) is 1. The second-order valence-corrected chi connectivity index (χ2v) is 4.06. The molecule has 1 aromatic heterocycles. The van der Waals surface area contributed by atoms with Crippen LogP contribution in [0.5, 0.6) is 5.88 Å². The van der Waals surface area contributed by atoms with Gasteiger partial charge in [0.2, 0.25) is 5.88 Å². The zero-order valence-electron chi connectivity index (χ0n) is 10.5. The van der Waals surface area contributed by atoms with Gasteiger partial charge in [0, 0.05) is 12.4 Å². The highest BCUT2D eigenvalue weighted by Gasteiger charge is 2.08. The predicted molar refractivity (Wildman–Crippen MR) is 73.3 cm³/mol. The van der Waals surface area contributed by atoms with Crippen molar-refractivity contribution >= 4 is 5.84 Å². The number of nitrogens with zero attached hydrogens (tertiary/aromatic N) is 2. The summed E-state index contributed by atoms with van der Waals surface area (Å²) in [6, 6.07) is 10.2. The molecule has 0 saturated heterocycles. The molecule has 2 rings (SSSR count). The van der Waals surface area contributed by atoms with Crippen molar-refractivity contribution in [3.63, 3.8) is 0 Å². The summed E-state index contributed by atoms with van der Waals surface area (Å²) in [5.74, 6) is 0.189. The molecule has 1 heterocycles. The number of ether oxygens (including phenoxy) is 1. The average Bonchev–Trinajstić information content (AvgIpc) is 2.45. The van der Waals surface area contributed by atoms with Gasteiger partial charge in [-0.15, -0.1) is 0 Å². The van der Waals surface area contributed by atoms with E-state index < -0.39 is 0 Å². The van der Waals surface area contributed by atoms with Gasteiger partial charge in [0.15, 0.2) is 5.69 Å². The van der Waals surface area contributed by atoms with Crippen molar-refractivity contribution in [2.45, 2.75) is 12.8 Å². The van der Waals surface area contributed by atoms with Gasteiger partial charge in [0.05, 0.1) is 6.61 Å². The first-order valence-corrected chi connectivity index (χ1v) is 6.09. The van der Waals surface area contributed by atoms with Gasteiger partial charge in [-0.25, -0.2) is 9.97 Å². The lowest BCUT2D eigenvalue weighted by atomic mass is 10.1. The summed E-state index contributed by atoms with van der Waals surface area (Å²) >= 11 is 0. The van der Waals surface area contributed by atoms with Crippen LogP contribution >= 0.6 is 0 Å². The maximum atomic E-state index is 7.39. The molecule has 3 N–H and O–H groups in total. The van der Waals surface area contributed by atoms with Crippen molar-refractivity contribution in [3.8, 4) is 5.88 Å². The van der Waals surface area contributed by atoms with E-state index in [-0.39, 0.29) is 5.84 Å².